The topological polar surface area (TPSA) is 27.0 Å². The van der Waals surface area contributed by atoms with E-state index in [2.05, 4.69) is 24.8 Å². The molecule has 1 heterocycles. The highest BCUT2D eigenvalue weighted by molar-refractivity contribution is 4.98. The average molecular weight is 234 g/mol. The lowest BCUT2D eigenvalue weighted by Gasteiger charge is -2.38. The summed E-state index contributed by atoms with van der Waals surface area (Å²) >= 11 is 0. The minimum Gasteiger partial charge on any atom is -0.295 e. The van der Waals surface area contributed by atoms with Crippen LogP contribution in [0, 0.1) is 17.2 Å². The molecule has 0 amide bonds. The molecule has 96 valence electrons. The summed E-state index contributed by atoms with van der Waals surface area (Å²) in [6.45, 7) is 5.90. The van der Waals surface area contributed by atoms with Crippen molar-refractivity contribution in [2.75, 3.05) is 6.54 Å². The molecule has 1 aliphatic heterocycles. The zero-order chi connectivity index (χ0) is 12.3. The van der Waals surface area contributed by atoms with Crippen LogP contribution in [0.15, 0.2) is 0 Å². The molecule has 1 saturated heterocycles. The Balaban J connectivity index is 2.01. The van der Waals surface area contributed by atoms with Gasteiger partial charge in [-0.05, 0) is 39.0 Å². The first-order valence-corrected chi connectivity index (χ1v) is 7.27. The average Bonchev–Trinajstić information content (AvgIpc) is 2.48. The van der Waals surface area contributed by atoms with Crippen LogP contribution in [0.2, 0.25) is 0 Å². The summed E-state index contributed by atoms with van der Waals surface area (Å²) in [7, 11) is 0. The van der Waals surface area contributed by atoms with Gasteiger partial charge in [-0.2, -0.15) is 5.26 Å². The molecule has 2 heteroatoms. The van der Waals surface area contributed by atoms with Gasteiger partial charge in [-0.15, -0.1) is 0 Å². The molecule has 2 nitrogen and oxygen atoms in total. The zero-order valence-electron chi connectivity index (χ0n) is 11.4. The minimum absolute atomic E-state index is 0.316. The fraction of sp³-hybridized carbons (Fsp3) is 0.933. The third kappa shape index (κ3) is 3.01. The minimum atomic E-state index is 0.316. The van der Waals surface area contributed by atoms with Gasteiger partial charge in [0.2, 0.25) is 0 Å². The summed E-state index contributed by atoms with van der Waals surface area (Å²) in [4.78, 5) is 2.72. The van der Waals surface area contributed by atoms with Gasteiger partial charge in [0.05, 0.1) is 6.07 Å². The number of hydrogen-bond donors (Lipinski definition) is 0. The Morgan fingerprint density at radius 1 is 1.18 bits per heavy atom. The molecule has 0 N–H and O–H groups in total. The van der Waals surface area contributed by atoms with Crippen LogP contribution in [-0.4, -0.2) is 23.0 Å². The van der Waals surface area contributed by atoms with E-state index in [1.807, 2.05) is 0 Å². The fourth-order valence-electron chi connectivity index (χ4n) is 3.89. The van der Waals surface area contributed by atoms with Gasteiger partial charge >= 0.3 is 0 Å². The monoisotopic (exact) mass is 234 g/mol. The second-order valence-electron chi connectivity index (χ2n) is 6.54. The predicted octanol–water partition coefficient (Wildman–Crippen LogP) is 3.72. The van der Waals surface area contributed by atoms with E-state index in [1.165, 1.54) is 44.9 Å². The lowest BCUT2D eigenvalue weighted by molar-refractivity contribution is 0.103. The van der Waals surface area contributed by atoms with E-state index in [-0.39, 0.29) is 0 Å². The number of likely N-dealkylation sites (tertiary alicyclic amines) is 1. The lowest BCUT2D eigenvalue weighted by Crippen LogP contribution is -2.45. The van der Waals surface area contributed by atoms with Crippen molar-refractivity contribution in [3.8, 4) is 6.07 Å². The molecule has 1 aliphatic carbocycles. The molecule has 0 radical (unpaired) electrons. The van der Waals surface area contributed by atoms with Crippen LogP contribution in [0.25, 0.3) is 0 Å². The van der Waals surface area contributed by atoms with Crippen molar-refractivity contribution >= 4 is 0 Å². The van der Waals surface area contributed by atoms with Gasteiger partial charge in [-0.1, -0.05) is 25.7 Å². The van der Waals surface area contributed by atoms with E-state index < -0.39 is 0 Å². The van der Waals surface area contributed by atoms with Crippen molar-refractivity contribution in [1.29, 1.82) is 5.26 Å². The van der Waals surface area contributed by atoms with Crippen LogP contribution in [0.3, 0.4) is 0 Å². The smallest absolute Gasteiger partial charge is 0.0625 e. The van der Waals surface area contributed by atoms with Gasteiger partial charge in [-0.25, -0.2) is 0 Å². The van der Waals surface area contributed by atoms with Crippen molar-refractivity contribution in [1.82, 2.24) is 4.90 Å². The van der Waals surface area contributed by atoms with Crippen LogP contribution in [0.4, 0.5) is 0 Å². The molecule has 0 aromatic rings. The Bertz CT molecular complexity index is 282. The van der Waals surface area contributed by atoms with Crippen LogP contribution < -0.4 is 0 Å². The molecule has 1 unspecified atom stereocenters. The molecule has 1 saturated carbocycles. The number of hydrogen-bond acceptors (Lipinski definition) is 2. The van der Waals surface area contributed by atoms with Crippen LogP contribution in [0.1, 0.15) is 65.2 Å². The first-order valence-electron chi connectivity index (χ1n) is 7.27. The molecular weight excluding hydrogens is 208 g/mol. The van der Waals surface area contributed by atoms with Crippen molar-refractivity contribution < 1.29 is 0 Å². The molecule has 0 spiro atoms. The van der Waals surface area contributed by atoms with Crippen LogP contribution in [-0.2, 0) is 0 Å². The molecule has 17 heavy (non-hydrogen) atoms. The molecule has 2 fully saturated rings. The van der Waals surface area contributed by atoms with Crippen molar-refractivity contribution in [2.24, 2.45) is 5.92 Å². The summed E-state index contributed by atoms with van der Waals surface area (Å²) in [6, 6.07) is 3.14. The highest BCUT2D eigenvalue weighted by atomic mass is 15.2. The van der Waals surface area contributed by atoms with Gasteiger partial charge in [0.25, 0.3) is 0 Å². The third-order valence-corrected chi connectivity index (χ3v) is 4.67. The highest BCUT2D eigenvalue weighted by Gasteiger charge is 2.41. The normalized spacial score (nSPS) is 31.0. The Kier molecular flexibility index (Phi) is 4.09. The Morgan fingerprint density at radius 3 is 2.41 bits per heavy atom. The molecule has 1 atom stereocenters. The van der Waals surface area contributed by atoms with Crippen molar-refractivity contribution in [3.63, 3.8) is 0 Å². The first-order chi connectivity index (χ1) is 8.13. The molecule has 0 bridgehead atoms. The van der Waals surface area contributed by atoms with Gasteiger partial charge < -0.3 is 0 Å². The molecule has 2 aliphatic rings. The van der Waals surface area contributed by atoms with E-state index in [9.17, 15) is 0 Å². The standard InChI is InChI=1S/C15H26N2/c1-15(2)11-13(9-10-16)12-17(15)14-7-5-3-4-6-8-14/h13-14H,3-9,11-12H2,1-2H3. The second-order valence-corrected chi connectivity index (χ2v) is 6.54. The lowest BCUT2D eigenvalue weighted by atomic mass is 9.93. The molecule has 2 rings (SSSR count). The Labute approximate surface area is 106 Å². The Morgan fingerprint density at radius 2 is 1.82 bits per heavy atom. The van der Waals surface area contributed by atoms with Crippen molar-refractivity contribution in [3.05, 3.63) is 0 Å². The maximum atomic E-state index is 8.87. The van der Waals surface area contributed by atoms with Crippen LogP contribution in [0.5, 0.6) is 0 Å². The van der Waals surface area contributed by atoms with Gasteiger partial charge in [0.1, 0.15) is 0 Å². The fourth-order valence-corrected chi connectivity index (χ4v) is 3.89. The van der Waals surface area contributed by atoms with E-state index in [1.54, 1.807) is 0 Å². The SMILES string of the molecule is CC1(C)CC(CC#N)CN1C1CCCCCC1. The molecular formula is C15H26N2. The van der Waals surface area contributed by atoms with E-state index >= 15 is 0 Å². The Hall–Kier alpha value is -0.550. The highest BCUT2D eigenvalue weighted by Crippen LogP contribution is 2.38. The number of nitriles is 1. The second kappa shape index (κ2) is 5.40. The van der Waals surface area contributed by atoms with Gasteiger partial charge in [0, 0.05) is 24.5 Å². The van der Waals surface area contributed by atoms with E-state index in [0.29, 0.717) is 11.5 Å². The largest absolute Gasteiger partial charge is 0.295 e. The summed E-state index contributed by atoms with van der Waals surface area (Å²) < 4.78 is 0. The summed E-state index contributed by atoms with van der Waals surface area (Å²) in [5, 5.41) is 8.87. The van der Waals surface area contributed by atoms with E-state index in [4.69, 9.17) is 5.26 Å². The number of rotatable bonds is 2. The van der Waals surface area contributed by atoms with Gasteiger partial charge in [0.15, 0.2) is 0 Å². The maximum absolute atomic E-state index is 8.87. The summed E-state index contributed by atoms with van der Waals surface area (Å²) in [5.41, 5.74) is 0.316. The third-order valence-electron chi connectivity index (χ3n) is 4.67. The maximum Gasteiger partial charge on any atom is 0.0625 e. The zero-order valence-corrected chi connectivity index (χ0v) is 11.4. The number of nitrogens with zero attached hydrogens (tertiary/aromatic N) is 2. The quantitative estimate of drug-likeness (QED) is 0.681. The van der Waals surface area contributed by atoms with E-state index in [0.717, 1.165) is 19.0 Å². The predicted molar refractivity (Wildman–Crippen MR) is 70.6 cm³/mol. The molecule has 0 aromatic heterocycles. The van der Waals surface area contributed by atoms with Crippen LogP contribution >= 0.6 is 0 Å². The summed E-state index contributed by atoms with van der Waals surface area (Å²) in [6.07, 6.45) is 10.4. The van der Waals surface area contributed by atoms with Gasteiger partial charge in [-0.3, -0.25) is 4.90 Å². The first kappa shape index (κ1) is 12.9. The summed E-state index contributed by atoms with van der Waals surface area (Å²) in [5.74, 6) is 0.609. The van der Waals surface area contributed by atoms with Crippen molar-refractivity contribution in [2.45, 2.75) is 76.8 Å². The molecule has 0 aromatic carbocycles.